The monoisotopic (exact) mass is 289 g/mol. The lowest BCUT2D eigenvalue weighted by molar-refractivity contribution is -0.116. The fraction of sp³-hybridized carbons (Fsp3) is 0.588. The zero-order chi connectivity index (χ0) is 14.9. The Morgan fingerprint density at radius 2 is 2.14 bits per heavy atom. The summed E-state index contributed by atoms with van der Waals surface area (Å²) in [5.41, 5.74) is 2.11. The van der Waals surface area contributed by atoms with E-state index in [0.717, 1.165) is 38.3 Å². The molecule has 4 heteroatoms. The second kappa shape index (κ2) is 8.80. The van der Waals surface area contributed by atoms with Gasteiger partial charge in [0.15, 0.2) is 0 Å². The normalized spacial score (nSPS) is 15.9. The van der Waals surface area contributed by atoms with Crippen molar-refractivity contribution in [3.8, 4) is 0 Å². The Morgan fingerprint density at radius 1 is 1.33 bits per heavy atom. The van der Waals surface area contributed by atoms with Crippen molar-refractivity contribution in [3.63, 3.8) is 0 Å². The average Bonchev–Trinajstić information content (AvgIpc) is 2.52. The minimum absolute atomic E-state index is 0.133. The number of rotatable bonds is 7. The van der Waals surface area contributed by atoms with Crippen molar-refractivity contribution < 1.29 is 4.79 Å². The highest BCUT2D eigenvalue weighted by Gasteiger charge is 2.14. The van der Waals surface area contributed by atoms with Gasteiger partial charge in [-0.05, 0) is 62.5 Å². The minimum Gasteiger partial charge on any atom is -0.326 e. The van der Waals surface area contributed by atoms with Crippen molar-refractivity contribution >= 4 is 11.6 Å². The van der Waals surface area contributed by atoms with Gasteiger partial charge in [-0.2, -0.15) is 0 Å². The molecule has 1 aliphatic rings. The van der Waals surface area contributed by atoms with Crippen LogP contribution in [-0.2, 0) is 11.3 Å². The molecule has 0 atom stereocenters. The van der Waals surface area contributed by atoms with E-state index in [1.165, 1.54) is 18.4 Å². The van der Waals surface area contributed by atoms with Gasteiger partial charge in [0.05, 0.1) is 0 Å². The predicted molar refractivity (Wildman–Crippen MR) is 87.3 cm³/mol. The fourth-order valence-corrected chi connectivity index (χ4v) is 2.76. The summed E-state index contributed by atoms with van der Waals surface area (Å²) >= 11 is 0. The van der Waals surface area contributed by atoms with Crippen LogP contribution < -0.4 is 16.0 Å². The Labute approximate surface area is 127 Å². The summed E-state index contributed by atoms with van der Waals surface area (Å²) in [6.45, 7) is 6.08. The van der Waals surface area contributed by atoms with Crippen molar-refractivity contribution in [2.24, 2.45) is 5.92 Å². The average molecular weight is 289 g/mol. The number of nitrogens with one attached hydrogen (secondary N) is 3. The van der Waals surface area contributed by atoms with Crippen LogP contribution in [-0.4, -0.2) is 25.5 Å². The lowest BCUT2D eigenvalue weighted by Gasteiger charge is -2.22. The molecule has 4 nitrogen and oxygen atoms in total. The quantitative estimate of drug-likeness (QED) is 0.723. The minimum atomic E-state index is 0.133. The number of anilines is 1. The number of amides is 1. The number of benzene rings is 1. The largest absolute Gasteiger partial charge is 0.326 e. The molecule has 2 rings (SSSR count). The summed E-state index contributed by atoms with van der Waals surface area (Å²) in [6, 6.07) is 8.07. The Balaban J connectivity index is 1.76. The van der Waals surface area contributed by atoms with Gasteiger partial charge < -0.3 is 16.0 Å². The third kappa shape index (κ3) is 5.86. The molecule has 1 aliphatic heterocycles. The molecule has 1 amide bonds. The molecule has 1 aromatic carbocycles. The number of hydrogen-bond donors (Lipinski definition) is 3. The van der Waals surface area contributed by atoms with Crippen LogP contribution in [0.25, 0.3) is 0 Å². The van der Waals surface area contributed by atoms with Gasteiger partial charge in [-0.15, -0.1) is 0 Å². The van der Waals surface area contributed by atoms with E-state index in [0.29, 0.717) is 12.3 Å². The predicted octanol–water partition coefficient (Wildman–Crippen LogP) is 2.51. The Bertz CT molecular complexity index is 441. The second-order valence-electron chi connectivity index (χ2n) is 5.76. The van der Waals surface area contributed by atoms with E-state index in [2.05, 4.69) is 28.9 Å². The van der Waals surface area contributed by atoms with Crippen molar-refractivity contribution in [2.75, 3.05) is 25.0 Å². The van der Waals surface area contributed by atoms with Crippen LogP contribution in [0.2, 0.25) is 0 Å². The van der Waals surface area contributed by atoms with E-state index >= 15 is 0 Å². The third-order valence-corrected chi connectivity index (χ3v) is 4.03. The van der Waals surface area contributed by atoms with Gasteiger partial charge >= 0.3 is 0 Å². The van der Waals surface area contributed by atoms with E-state index in [-0.39, 0.29) is 5.91 Å². The Kier molecular flexibility index (Phi) is 6.70. The first-order chi connectivity index (χ1) is 10.3. The topological polar surface area (TPSA) is 53.2 Å². The molecule has 0 aromatic heterocycles. The van der Waals surface area contributed by atoms with E-state index in [4.69, 9.17) is 0 Å². The zero-order valence-electron chi connectivity index (χ0n) is 13.0. The number of carbonyl (C=O) groups excluding carboxylic acids is 1. The van der Waals surface area contributed by atoms with Crippen molar-refractivity contribution in [3.05, 3.63) is 29.8 Å². The first-order valence-corrected chi connectivity index (χ1v) is 8.08. The first-order valence-electron chi connectivity index (χ1n) is 8.08. The summed E-state index contributed by atoms with van der Waals surface area (Å²) in [6.07, 6.45) is 4.03. The smallest absolute Gasteiger partial charge is 0.224 e. The van der Waals surface area contributed by atoms with Gasteiger partial charge in [-0.25, -0.2) is 0 Å². The van der Waals surface area contributed by atoms with Crippen molar-refractivity contribution in [2.45, 2.75) is 39.2 Å². The molecule has 1 heterocycles. The number of piperidine rings is 1. The number of hydrogen-bond acceptors (Lipinski definition) is 3. The zero-order valence-corrected chi connectivity index (χ0v) is 13.0. The lowest BCUT2D eigenvalue weighted by Crippen LogP contribution is -2.28. The molecule has 1 aromatic rings. The highest BCUT2D eigenvalue weighted by molar-refractivity contribution is 5.90. The summed E-state index contributed by atoms with van der Waals surface area (Å²) in [5, 5.41) is 9.67. The number of carbonyl (C=O) groups is 1. The highest BCUT2D eigenvalue weighted by Crippen LogP contribution is 2.18. The molecule has 1 saturated heterocycles. The molecule has 21 heavy (non-hydrogen) atoms. The van der Waals surface area contributed by atoms with Crippen molar-refractivity contribution in [1.82, 2.24) is 10.6 Å². The van der Waals surface area contributed by atoms with Crippen LogP contribution in [0.15, 0.2) is 24.3 Å². The molecule has 0 unspecified atom stereocenters. The van der Waals surface area contributed by atoms with Crippen LogP contribution in [0, 0.1) is 5.92 Å². The van der Waals surface area contributed by atoms with E-state index in [1.54, 1.807) is 0 Å². The summed E-state index contributed by atoms with van der Waals surface area (Å²) in [5.74, 6) is 0.839. The Hall–Kier alpha value is -1.39. The molecular formula is C17H27N3O. The summed E-state index contributed by atoms with van der Waals surface area (Å²) in [7, 11) is 0. The van der Waals surface area contributed by atoms with Crippen LogP contribution in [0.4, 0.5) is 5.69 Å². The molecule has 0 saturated carbocycles. The maximum atomic E-state index is 12.0. The maximum Gasteiger partial charge on any atom is 0.224 e. The van der Waals surface area contributed by atoms with E-state index in [9.17, 15) is 4.79 Å². The fourth-order valence-electron chi connectivity index (χ4n) is 2.76. The molecule has 0 aliphatic carbocycles. The van der Waals surface area contributed by atoms with Crippen LogP contribution in [0.3, 0.4) is 0 Å². The lowest BCUT2D eigenvalue weighted by atomic mass is 9.93. The van der Waals surface area contributed by atoms with Gasteiger partial charge in [-0.3, -0.25) is 4.79 Å². The molecule has 116 valence electrons. The van der Waals surface area contributed by atoms with Gasteiger partial charge in [0.1, 0.15) is 0 Å². The molecule has 0 bridgehead atoms. The molecule has 0 radical (unpaired) electrons. The molecule has 0 spiro atoms. The standard InChI is InChI=1S/C17H27N3O/c1-2-18-13-15-4-3-5-16(12-15)20-17(21)7-6-14-8-10-19-11-9-14/h3-5,12,14,18-19H,2,6-11,13H2,1H3,(H,20,21). The van der Waals surface area contributed by atoms with E-state index < -0.39 is 0 Å². The van der Waals surface area contributed by atoms with E-state index in [1.807, 2.05) is 18.2 Å². The second-order valence-corrected chi connectivity index (χ2v) is 5.76. The van der Waals surface area contributed by atoms with Crippen LogP contribution in [0.5, 0.6) is 0 Å². The molecule has 3 N–H and O–H groups in total. The van der Waals surface area contributed by atoms with Gasteiger partial charge in [0.2, 0.25) is 5.91 Å². The summed E-state index contributed by atoms with van der Waals surface area (Å²) < 4.78 is 0. The van der Waals surface area contributed by atoms with Gasteiger partial charge in [-0.1, -0.05) is 19.1 Å². The van der Waals surface area contributed by atoms with Gasteiger partial charge in [0, 0.05) is 18.7 Å². The van der Waals surface area contributed by atoms with Crippen LogP contribution >= 0.6 is 0 Å². The molecular weight excluding hydrogens is 262 g/mol. The molecule has 1 fully saturated rings. The highest BCUT2D eigenvalue weighted by atomic mass is 16.1. The first kappa shape index (κ1) is 16.0. The SMILES string of the molecule is CCNCc1cccc(NC(=O)CCC2CCNCC2)c1. The van der Waals surface area contributed by atoms with Crippen molar-refractivity contribution in [1.29, 1.82) is 0 Å². The third-order valence-electron chi connectivity index (χ3n) is 4.03. The van der Waals surface area contributed by atoms with Gasteiger partial charge in [0.25, 0.3) is 0 Å². The van der Waals surface area contributed by atoms with Crippen LogP contribution in [0.1, 0.15) is 38.2 Å². The maximum absolute atomic E-state index is 12.0. The summed E-state index contributed by atoms with van der Waals surface area (Å²) in [4.78, 5) is 12.0. The Morgan fingerprint density at radius 3 is 2.90 bits per heavy atom.